The molecule has 1 aliphatic rings. The number of hydrogen-bond acceptors (Lipinski definition) is 2. The lowest BCUT2D eigenvalue weighted by atomic mass is 10.2. The largest absolute Gasteiger partial charge is 0.356 e. The highest BCUT2D eigenvalue weighted by molar-refractivity contribution is 14.0. The Morgan fingerprint density at radius 2 is 2.00 bits per heavy atom. The highest BCUT2D eigenvalue weighted by Gasteiger charge is 2.10. The summed E-state index contributed by atoms with van der Waals surface area (Å²) in [6.45, 7) is 5.23. The van der Waals surface area contributed by atoms with Crippen molar-refractivity contribution in [2.75, 3.05) is 33.2 Å². The molecule has 0 atom stereocenters. The topological polar surface area (TPSA) is 39.7 Å². The summed E-state index contributed by atoms with van der Waals surface area (Å²) in [7, 11) is 1.76. The van der Waals surface area contributed by atoms with Crippen LogP contribution in [0.25, 0.3) is 0 Å². The maximum Gasteiger partial charge on any atom is 0.191 e. The second kappa shape index (κ2) is 11.6. The third-order valence-corrected chi connectivity index (χ3v) is 3.96. The Balaban J connectivity index is 0.00000264. The van der Waals surface area contributed by atoms with Crippen LogP contribution < -0.4 is 10.6 Å². The molecule has 23 heavy (non-hydrogen) atoms. The Morgan fingerprint density at radius 3 is 2.70 bits per heavy atom. The summed E-state index contributed by atoms with van der Waals surface area (Å²) >= 11 is 0. The third-order valence-electron chi connectivity index (χ3n) is 3.96. The van der Waals surface area contributed by atoms with Crippen molar-refractivity contribution in [3.63, 3.8) is 0 Å². The van der Waals surface area contributed by atoms with Crippen LogP contribution in [0.2, 0.25) is 0 Å². The first kappa shape index (κ1) is 20.2. The molecule has 2 N–H and O–H groups in total. The van der Waals surface area contributed by atoms with Gasteiger partial charge in [0.2, 0.25) is 0 Å². The number of unbranched alkanes of at least 4 members (excludes halogenated alkanes) is 1. The minimum Gasteiger partial charge on any atom is -0.356 e. The Labute approximate surface area is 156 Å². The molecule has 0 bridgehead atoms. The predicted octanol–water partition coefficient (Wildman–Crippen LogP) is 2.98. The Morgan fingerprint density at radius 1 is 1.22 bits per heavy atom. The van der Waals surface area contributed by atoms with Crippen LogP contribution in [-0.4, -0.2) is 44.1 Å². The van der Waals surface area contributed by atoms with Gasteiger partial charge in [0.15, 0.2) is 5.96 Å². The second-order valence-corrected chi connectivity index (χ2v) is 5.74. The molecule has 130 valence electrons. The van der Waals surface area contributed by atoms with E-state index in [2.05, 4.69) is 20.5 Å². The van der Waals surface area contributed by atoms with E-state index in [-0.39, 0.29) is 29.8 Å². The number of guanidine groups is 1. The molecule has 4 nitrogen and oxygen atoms in total. The molecule has 0 unspecified atom stereocenters. The van der Waals surface area contributed by atoms with Crippen LogP contribution in [0, 0.1) is 5.82 Å². The fourth-order valence-corrected chi connectivity index (χ4v) is 2.73. The van der Waals surface area contributed by atoms with Gasteiger partial charge in [0.1, 0.15) is 5.82 Å². The van der Waals surface area contributed by atoms with E-state index in [0.29, 0.717) is 6.54 Å². The number of likely N-dealkylation sites (tertiary alicyclic amines) is 1. The summed E-state index contributed by atoms with van der Waals surface area (Å²) in [5, 5.41) is 6.51. The van der Waals surface area contributed by atoms with Gasteiger partial charge in [-0.05, 0) is 63.0 Å². The van der Waals surface area contributed by atoms with Crippen LogP contribution in [0.4, 0.5) is 4.39 Å². The fourth-order valence-electron chi connectivity index (χ4n) is 2.73. The molecule has 6 heteroatoms. The molecular weight excluding hydrogens is 406 g/mol. The van der Waals surface area contributed by atoms with Gasteiger partial charge < -0.3 is 15.5 Å². The van der Waals surface area contributed by atoms with Gasteiger partial charge in [0, 0.05) is 20.1 Å². The van der Waals surface area contributed by atoms with Gasteiger partial charge in [-0.1, -0.05) is 12.1 Å². The van der Waals surface area contributed by atoms with Gasteiger partial charge in [0.05, 0.1) is 0 Å². The van der Waals surface area contributed by atoms with Crippen LogP contribution >= 0.6 is 24.0 Å². The van der Waals surface area contributed by atoms with E-state index >= 15 is 0 Å². The lowest BCUT2D eigenvalue weighted by Gasteiger charge is -2.15. The number of aliphatic imine (C=N–C) groups is 1. The molecule has 2 rings (SSSR count). The zero-order chi connectivity index (χ0) is 15.6. The van der Waals surface area contributed by atoms with E-state index in [1.54, 1.807) is 13.1 Å². The zero-order valence-electron chi connectivity index (χ0n) is 13.9. The molecule has 1 saturated heterocycles. The minimum absolute atomic E-state index is 0. The van der Waals surface area contributed by atoms with Gasteiger partial charge >= 0.3 is 0 Å². The first-order valence-corrected chi connectivity index (χ1v) is 8.19. The first-order valence-electron chi connectivity index (χ1n) is 8.19. The van der Waals surface area contributed by atoms with Crippen molar-refractivity contribution in [3.05, 3.63) is 35.6 Å². The molecule has 0 saturated carbocycles. The van der Waals surface area contributed by atoms with Crippen molar-refractivity contribution < 1.29 is 4.39 Å². The van der Waals surface area contributed by atoms with Crippen molar-refractivity contribution in [1.82, 2.24) is 15.5 Å². The lowest BCUT2D eigenvalue weighted by Crippen LogP contribution is -2.37. The monoisotopic (exact) mass is 434 g/mol. The van der Waals surface area contributed by atoms with E-state index in [9.17, 15) is 4.39 Å². The highest BCUT2D eigenvalue weighted by Crippen LogP contribution is 2.07. The third kappa shape index (κ3) is 7.97. The standard InChI is InChI=1S/C17H27FN4.HI/c1-19-17(21-14-15-7-6-8-16(18)13-15)20-9-2-3-10-22-11-4-5-12-22;/h6-8,13H,2-5,9-12,14H2,1H3,(H2,19,20,21);1H. The maximum absolute atomic E-state index is 13.1. The van der Waals surface area contributed by atoms with Crippen LogP contribution in [-0.2, 0) is 6.54 Å². The molecule has 0 radical (unpaired) electrons. The molecule has 0 aromatic heterocycles. The van der Waals surface area contributed by atoms with Gasteiger partial charge in [0.25, 0.3) is 0 Å². The zero-order valence-corrected chi connectivity index (χ0v) is 16.2. The second-order valence-electron chi connectivity index (χ2n) is 5.74. The SMILES string of the molecule is CN=C(NCCCCN1CCCC1)NCc1cccc(F)c1.I. The van der Waals surface area contributed by atoms with E-state index in [1.807, 2.05) is 6.07 Å². The summed E-state index contributed by atoms with van der Waals surface area (Å²) in [4.78, 5) is 6.73. The Hall–Kier alpha value is -0.890. The Bertz CT molecular complexity index is 475. The number of benzene rings is 1. The molecule has 1 heterocycles. The summed E-state index contributed by atoms with van der Waals surface area (Å²) in [5.41, 5.74) is 0.914. The van der Waals surface area contributed by atoms with Crippen LogP contribution in [0.3, 0.4) is 0 Å². The molecule has 1 fully saturated rings. The van der Waals surface area contributed by atoms with Crippen molar-refractivity contribution in [2.24, 2.45) is 4.99 Å². The number of nitrogens with one attached hydrogen (secondary N) is 2. The average Bonchev–Trinajstić information content (AvgIpc) is 3.03. The molecule has 1 aliphatic heterocycles. The van der Waals surface area contributed by atoms with E-state index in [0.717, 1.165) is 24.5 Å². The van der Waals surface area contributed by atoms with Crippen molar-refractivity contribution in [2.45, 2.75) is 32.2 Å². The van der Waals surface area contributed by atoms with Crippen LogP contribution in [0.1, 0.15) is 31.2 Å². The lowest BCUT2D eigenvalue weighted by molar-refractivity contribution is 0.330. The number of halogens is 2. The van der Waals surface area contributed by atoms with Gasteiger partial charge in [-0.25, -0.2) is 4.39 Å². The number of hydrogen-bond donors (Lipinski definition) is 2. The van der Waals surface area contributed by atoms with Gasteiger partial charge in [-0.3, -0.25) is 4.99 Å². The number of rotatable bonds is 7. The van der Waals surface area contributed by atoms with Crippen molar-refractivity contribution >= 4 is 29.9 Å². The minimum atomic E-state index is -0.204. The molecule has 0 aliphatic carbocycles. The Kier molecular flexibility index (Phi) is 10.2. The van der Waals surface area contributed by atoms with Crippen LogP contribution in [0.15, 0.2) is 29.3 Å². The highest BCUT2D eigenvalue weighted by atomic mass is 127. The molecule has 0 spiro atoms. The van der Waals surface area contributed by atoms with Crippen molar-refractivity contribution in [1.29, 1.82) is 0 Å². The van der Waals surface area contributed by atoms with Gasteiger partial charge in [-0.15, -0.1) is 24.0 Å². The molecular formula is C17H28FIN4. The maximum atomic E-state index is 13.1. The molecule has 1 aromatic rings. The molecule has 0 amide bonds. The quantitative estimate of drug-likeness (QED) is 0.300. The first-order chi connectivity index (χ1) is 10.8. The summed E-state index contributed by atoms with van der Waals surface area (Å²) in [6.07, 6.45) is 5.06. The normalized spacial score (nSPS) is 15.3. The van der Waals surface area contributed by atoms with Gasteiger partial charge in [-0.2, -0.15) is 0 Å². The fraction of sp³-hybridized carbons (Fsp3) is 0.588. The van der Waals surface area contributed by atoms with Crippen molar-refractivity contribution in [3.8, 4) is 0 Å². The van der Waals surface area contributed by atoms with E-state index in [4.69, 9.17) is 0 Å². The smallest absolute Gasteiger partial charge is 0.191 e. The average molecular weight is 434 g/mol. The number of nitrogens with zero attached hydrogens (tertiary/aromatic N) is 2. The van der Waals surface area contributed by atoms with E-state index < -0.39 is 0 Å². The molecule has 1 aromatic carbocycles. The summed E-state index contributed by atoms with van der Waals surface area (Å²) in [6, 6.07) is 6.62. The summed E-state index contributed by atoms with van der Waals surface area (Å²) < 4.78 is 13.1. The van der Waals surface area contributed by atoms with E-state index in [1.165, 1.54) is 51.0 Å². The van der Waals surface area contributed by atoms with Crippen LogP contribution in [0.5, 0.6) is 0 Å². The summed E-state index contributed by atoms with van der Waals surface area (Å²) in [5.74, 6) is 0.564. The predicted molar refractivity (Wildman–Crippen MR) is 105 cm³/mol.